The van der Waals surface area contributed by atoms with Crippen molar-refractivity contribution < 1.29 is 28.6 Å². The standard InChI is InChI=1S/C26H34F2N6O4/c1-16-12-29-25(30-13-16)34-8-6-20(7-9-34)38-33-18-4-2-17(3-5-18)21-10-23(28)24(11-22(21)27)32-26(37)31-14-19(36)15-35/h10-13,17,19-20,35-36H,2-9,14-15H2,1H3,(H2,31,32,37). The fourth-order valence-electron chi connectivity index (χ4n) is 4.63. The molecule has 1 aliphatic carbocycles. The van der Waals surface area contributed by atoms with Gasteiger partial charge in [-0.05, 0) is 55.7 Å². The van der Waals surface area contributed by atoms with Gasteiger partial charge in [0.2, 0.25) is 5.95 Å². The summed E-state index contributed by atoms with van der Waals surface area (Å²) in [4.78, 5) is 28.6. The van der Waals surface area contributed by atoms with Crippen molar-refractivity contribution >= 4 is 23.4 Å². The van der Waals surface area contributed by atoms with Crippen LogP contribution in [0.3, 0.4) is 0 Å². The molecule has 2 aromatic rings. The van der Waals surface area contributed by atoms with Gasteiger partial charge in [-0.1, -0.05) is 5.16 Å². The van der Waals surface area contributed by atoms with E-state index >= 15 is 0 Å². The zero-order valence-electron chi connectivity index (χ0n) is 21.4. The lowest BCUT2D eigenvalue weighted by Crippen LogP contribution is -2.37. The van der Waals surface area contributed by atoms with E-state index in [0.717, 1.165) is 55.3 Å². The second-order valence-corrected chi connectivity index (χ2v) is 9.81. The lowest BCUT2D eigenvalue weighted by atomic mass is 9.83. The molecular weight excluding hydrogens is 498 g/mol. The first-order valence-corrected chi connectivity index (χ1v) is 12.9. The summed E-state index contributed by atoms with van der Waals surface area (Å²) in [5.41, 5.74) is 1.92. The van der Waals surface area contributed by atoms with Crippen LogP contribution in [-0.4, -0.2) is 70.4 Å². The number of halogens is 2. The van der Waals surface area contributed by atoms with E-state index in [4.69, 9.17) is 9.94 Å². The van der Waals surface area contributed by atoms with Gasteiger partial charge in [-0.15, -0.1) is 0 Å². The number of rotatable bonds is 8. The van der Waals surface area contributed by atoms with Crippen molar-refractivity contribution in [3.63, 3.8) is 0 Å². The summed E-state index contributed by atoms with van der Waals surface area (Å²) in [7, 11) is 0. The largest absolute Gasteiger partial charge is 0.394 e. The number of aryl methyl sites for hydroxylation is 1. The number of piperidine rings is 1. The molecule has 1 saturated carbocycles. The quantitative estimate of drug-likeness (QED) is 0.384. The summed E-state index contributed by atoms with van der Waals surface area (Å²) in [6, 6.07) is 1.28. The molecule has 1 unspecified atom stereocenters. The average Bonchev–Trinajstić information content (AvgIpc) is 2.93. The number of urea groups is 1. The van der Waals surface area contributed by atoms with Crippen LogP contribution < -0.4 is 15.5 Å². The lowest BCUT2D eigenvalue weighted by Gasteiger charge is -2.31. The molecule has 1 saturated heterocycles. The molecule has 12 heteroatoms. The average molecular weight is 533 g/mol. The van der Waals surface area contributed by atoms with Crippen LogP contribution in [-0.2, 0) is 4.84 Å². The van der Waals surface area contributed by atoms with Crippen LogP contribution in [0.15, 0.2) is 29.7 Å². The second-order valence-electron chi connectivity index (χ2n) is 9.81. The minimum absolute atomic E-state index is 0.0256. The van der Waals surface area contributed by atoms with Crippen LogP contribution in [0.25, 0.3) is 0 Å². The first-order valence-electron chi connectivity index (χ1n) is 12.9. The predicted octanol–water partition coefficient (Wildman–Crippen LogP) is 3.24. The third-order valence-corrected chi connectivity index (χ3v) is 6.87. The number of benzene rings is 1. The number of amides is 2. The van der Waals surface area contributed by atoms with Gasteiger partial charge in [0.15, 0.2) is 0 Å². The van der Waals surface area contributed by atoms with Crippen LogP contribution in [0.5, 0.6) is 0 Å². The Morgan fingerprint density at radius 2 is 1.84 bits per heavy atom. The molecule has 1 aromatic heterocycles. The molecule has 38 heavy (non-hydrogen) atoms. The van der Waals surface area contributed by atoms with E-state index in [9.17, 15) is 18.7 Å². The first kappa shape index (κ1) is 27.6. The van der Waals surface area contributed by atoms with Gasteiger partial charge < -0.3 is 30.6 Å². The molecule has 1 atom stereocenters. The fourth-order valence-corrected chi connectivity index (χ4v) is 4.63. The molecule has 1 aromatic carbocycles. The molecular formula is C26H34F2N6O4. The number of carbonyl (C=O) groups is 1. The summed E-state index contributed by atoms with van der Waals surface area (Å²) in [6.07, 6.45) is 6.67. The maximum atomic E-state index is 14.8. The van der Waals surface area contributed by atoms with Crippen molar-refractivity contribution in [1.29, 1.82) is 0 Å². The number of oxime groups is 1. The normalized spacial score (nSPS) is 19.1. The molecule has 2 fully saturated rings. The van der Waals surface area contributed by atoms with Crippen molar-refractivity contribution in [3.05, 3.63) is 47.3 Å². The summed E-state index contributed by atoms with van der Waals surface area (Å²) in [6.45, 7) is 2.80. The highest BCUT2D eigenvalue weighted by Gasteiger charge is 2.26. The smallest absolute Gasteiger partial charge is 0.319 e. The SMILES string of the molecule is Cc1cnc(N2CCC(ON=C3CCC(c4cc(F)c(NC(=O)NCC(O)CO)cc4F)CC3)CC2)nc1. The Bertz CT molecular complexity index is 1120. The zero-order chi connectivity index (χ0) is 27.1. The second kappa shape index (κ2) is 12.9. The van der Waals surface area contributed by atoms with Crippen molar-refractivity contribution in [2.45, 2.75) is 63.6 Å². The molecule has 1 aliphatic heterocycles. The van der Waals surface area contributed by atoms with Gasteiger partial charge in [0.05, 0.1) is 24.1 Å². The summed E-state index contributed by atoms with van der Waals surface area (Å²) < 4.78 is 29.4. The van der Waals surface area contributed by atoms with E-state index in [-0.39, 0.29) is 29.8 Å². The fraction of sp³-hybridized carbons (Fsp3) is 0.538. The van der Waals surface area contributed by atoms with Crippen LogP contribution >= 0.6 is 0 Å². The Balaban J connectivity index is 1.24. The van der Waals surface area contributed by atoms with Crippen molar-refractivity contribution in [2.24, 2.45) is 5.16 Å². The summed E-state index contributed by atoms with van der Waals surface area (Å²) in [5, 5.41) is 26.9. The highest BCUT2D eigenvalue weighted by Crippen LogP contribution is 2.35. The van der Waals surface area contributed by atoms with Crippen LogP contribution in [0, 0.1) is 18.6 Å². The number of carbonyl (C=O) groups excluding carboxylic acids is 1. The number of aliphatic hydroxyl groups is 2. The molecule has 4 N–H and O–H groups in total. The van der Waals surface area contributed by atoms with Gasteiger partial charge in [-0.25, -0.2) is 23.5 Å². The highest BCUT2D eigenvalue weighted by atomic mass is 19.1. The van der Waals surface area contributed by atoms with Crippen molar-refractivity contribution in [2.75, 3.05) is 36.5 Å². The first-order chi connectivity index (χ1) is 18.3. The zero-order valence-corrected chi connectivity index (χ0v) is 21.4. The Hall–Kier alpha value is -3.38. The van der Waals surface area contributed by atoms with E-state index in [2.05, 4.69) is 30.7 Å². The number of aliphatic hydroxyl groups excluding tert-OH is 2. The Morgan fingerprint density at radius 3 is 2.50 bits per heavy atom. The third-order valence-electron chi connectivity index (χ3n) is 6.87. The molecule has 0 spiro atoms. The van der Waals surface area contributed by atoms with Crippen molar-refractivity contribution in [3.8, 4) is 0 Å². The molecule has 2 heterocycles. The van der Waals surface area contributed by atoms with Gasteiger partial charge in [-0.3, -0.25) is 0 Å². The molecule has 206 valence electrons. The van der Waals surface area contributed by atoms with Crippen molar-refractivity contribution in [1.82, 2.24) is 15.3 Å². The molecule has 0 bridgehead atoms. The molecule has 0 radical (unpaired) electrons. The summed E-state index contributed by atoms with van der Waals surface area (Å²) in [5.74, 6) is -0.774. The van der Waals surface area contributed by atoms with Gasteiger partial charge in [0.1, 0.15) is 17.7 Å². The molecule has 10 nitrogen and oxygen atoms in total. The number of nitrogens with one attached hydrogen (secondary N) is 2. The van der Waals surface area contributed by atoms with Crippen LogP contribution in [0.1, 0.15) is 55.6 Å². The molecule has 4 rings (SSSR count). The predicted molar refractivity (Wildman–Crippen MR) is 138 cm³/mol. The monoisotopic (exact) mass is 532 g/mol. The van der Waals surface area contributed by atoms with Gasteiger partial charge in [0, 0.05) is 50.9 Å². The van der Waals surface area contributed by atoms with E-state index in [1.54, 1.807) is 0 Å². The maximum absolute atomic E-state index is 14.8. The Kier molecular flexibility index (Phi) is 9.40. The van der Waals surface area contributed by atoms with Gasteiger partial charge in [-0.2, -0.15) is 0 Å². The number of hydrogen-bond donors (Lipinski definition) is 4. The van der Waals surface area contributed by atoms with E-state index in [1.165, 1.54) is 0 Å². The van der Waals surface area contributed by atoms with Crippen LogP contribution in [0.2, 0.25) is 0 Å². The Labute approximate surface area is 220 Å². The topological polar surface area (TPSA) is 132 Å². The van der Waals surface area contributed by atoms with E-state index in [0.29, 0.717) is 25.7 Å². The third kappa shape index (κ3) is 7.35. The number of anilines is 2. The number of hydrogen-bond acceptors (Lipinski definition) is 8. The highest BCUT2D eigenvalue weighted by molar-refractivity contribution is 5.89. The molecule has 2 aliphatic rings. The minimum Gasteiger partial charge on any atom is -0.394 e. The van der Waals surface area contributed by atoms with Gasteiger partial charge >= 0.3 is 6.03 Å². The maximum Gasteiger partial charge on any atom is 0.319 e. The lowest BCUT2D eigenvalue weighted by molar-refractivity contribution is 0.0406. The number of aromatic nitrogens is 2. The summed E-state index contributed by atoms with van der Waals surface area (Å²) >= 11 is 0. The van der Waals surface area contributed by atoms with E-state index < -0.39 is 30.4 Å². The minimum atomic E-state index is -1.14. The molecule has 2 amide bonds. The van der Waals surface area contributed by atoms with Gasteiger partial charge in [0.25, 0.3) is 0 Å². The number of nitrogens with zero attached hydrogens (tertiary/aromatic N) is 4. The Morgan fingerprint density at radius 1 is 1.16 bits per heavy atom. The van der Waals surface area contributed by atoms with E-state index in [1.807, 2.05) is 19.3 Å². The van der Waals surface area contributed by atoms with Crippen LogP contribution in [0.4, 0.5) is 25.2 Å².